The Morgan fingerprint density at radius 3 is 2.71 bits per heavy atom. The molecular weight excluding hydrogens is 299 g/mol. The Bertz CT molecular complexity index is 671. The van der Waals surface area contributed by atoms with Crippen molar-refractivity contribution in [3.63, 3.8) is 0 Å². The largest absolute Gasteiger partial charge is 0.417 e. The Balaban J connectivity index is 2.03. The fourth-order valence-corrected chi connectivity index (χ4v) is 2.60. The number of aromatic nitrogens is 1. The fourth-order valence-electron chi connectivity index (χ4n) is 1.83. The normalized spacial score (nSPS) is 11.2. The third-order valence-corrected chi connectivity index (χ3v) is 3.81. The van der Waals surface area contributed by atoms with Crippen molar-refractivity contribution >= 4 is 17.0 Å². The predicted octanol–water partition coefficient (Wildman–Crippen LogP) is 4.00. The van der Waals surface area contributed by atoms with Crippen LogP contribution in [0.3, 0.4) is 0 Å². The molecule has 0 radical (unpaired) electrons. The highest BCUT2D eigenvalue weighted by molar-refractivity contribution is 7.09. The minimum Gasteiger partial charge on any atom is -0.385 e. The number of aryl methyl sites for hydroxylation is 1. The van der Waals surface area contributed by atoms with E-state index in [2.05, 4.69) is 10.3 Å². The van der Waals surface area contributed by atoms with Crippen molar-refractivity contribution in [1.29, 1.82) is 5.26 Å². The van der Waals surface area contributed by atoms with Crippen molar-refractivity contribution in [2.24, 2.45) is 0 Å². The van der Waals surface area contributed by atoms with Gasteiger partial charge in [0.1, 0.15) is 0 Å². The first-order chi connectivity index (χ1) is 9.90. The number of benzene rings is 1. The summed E-state index contributed by atoms with van der Waals surface area (Å²) < 4.78 is 38.0. The van der Waals surface area contributed by atoms with E-state index < -0.39 is 11.7 Å². The van der Waals surface area contributed by atoms with Gasteiger partial charge >= 0.3 is 6.18 Å². The molecule has 21 heavy (non-hydrogen) atoms. The highest BCUT2D eigenvalue weighted by atomic mass is 32.1. The standard InChI is InChI=1S/C14H12F3N3S/c1-9-8-21-13(20-9)4-5-19-11-2-3-12(14(15,16)17)10(6-11)7-18/h2-3,6,8,19H,4-5H2,1H3. The van der Waals surface area contributed by atoms with E-state index in [4.69, 9.17) is 5.26 Å². The number of halogens is 3. The highest BCUT2D eigenvalue weighted by Gasteiger charge is 2.33. The van der Waals surface area contributed by atoms with Crippen molar-refractivity contribution in [3.05, 3.63) is 45.4 Å². The van der Waals surface area contributed by atoms with Gasteiger partial charge in [0, 0.05) is 29.7 Å². The summed E-state index contributed by atoms with van der Waals surface area (Å²) in [6.07, 6.45) is -3.83. The van der Waals surface area contributed by atoms with E-state index in [1.165, 1.54) is 12.1 Å². The lowest BCUT2D eigenvalue weighted by molar-refractivity contribution is -0.137. The molecule has 1 aromatic carbocycles. The molecule has 2 rings (SSSR count). The van der Waals surface area contributed by atoms with Crippen LogP contribution in [0.2, 0.25) is 0 Å². The van der Waals surface area contributed by atoms with Crippen LogP contribution in [0.4, 0.5) is 18.9 Å². The van der Waals surface area contributed by atoms with E-state index in [-0.39, 0.29) is 5.56 Å². The first-order valence-corrected chi connectivity index (χ1v) is 7.04. The van der Waals surface area contributed by atoms with Crippen LogP contribution in [0.5, 0.6) is 0 Å². The van der Waals surface area contributed by atoms with Crippen LogP contribution in [-0.2, 0) is 12.6 Å². The number of alkyl halides is 3. The lowest BCUT2D eigenvalue weighted by Gasteiger charge is -2.11. The van der Waals surface area contributed by atoms with E-state index in [0.29, 0.717) is 18.7 Å². The molecule has 0 saturated heterocycles. The average Bonchev–Trinajstić information content (AvgIpc) is 2.83. The lowest BCUT2D eigenvalue weighted by Crippen LogP contribution is -2.09. The first-order valence-electron chi connectivity index (χ1n) is 6.16. The Hall–Kier alpha value is -2.07. The monoisotopic (exact) mass is 311 g/mol. The van der Waals surface area contributed by atoms with E-state index >= 15 is 0 Å². The SMILES string of the molecule is Cc1csc(CCNc2ccc(C(F)(F)F)c(C#N)c2)n1. The zero-order valence-electron chi connectivity index (χ0n) is 11.2. The molecule has 7 heteroatoms. The summed E-state index contributed by atoms with van der Waals surface area (Å²) in [6.45, 7) is 2.45. The van der Waals surface area contributed by atoms with E-state index in [0.717, 1.165) is 16.8 Å². The minimum atomic E-state index is -4.51. The van der Waals surface area contributed by atoms with Crippen LogP contribution in [-0.4, -0.2) is 11.5 Å². The average molecular weight is 311 g/mol. The molecule has 1 N–H and O–H groups in total. The molecule has 3 nitrogen and oxygen atoms in total. The van der Waals surface area contributed by atoms with E-state index in [9.17, 15) is 13.2 Å². The second-order valence-electron chi connectivity index (χ2n) is 4.43. The van der Waals surface area contributed by atoms with E-state index in [1.807, 2.05) is 12.3 Å². The maximum atomic E-state index is 12.7. The second kappa shape index (κ2) is 6.14. The van der Waals surface area contributed by atoms with Gasteiger partial charge in [-0.15, -0.1) is 11.3 Å². The third kappa shape index (κ3) is 3.95. The van der Waals surface area contributed by atoms with Crippen LogP contribution in [0.25, 0.3) is 0 Å². The van der Waals surface area contributed by atoms with Gasteiger partial charge < -0.3 is 5.32 Å². The van der Waals surface area contributed by atoms with Crippen LogP contribution >= 0.6 is 11.3 Å². The summed E-state index contributed by atoms with van der Waals surface area (Å²) in [4.78, 5) is 4.30. The maximum Gasteiger partial charge on any atom is 0.417 e. The number of hydrogen-bond acceptors (Lipinski definition) is 4. The van der Waals surface area contributed by atoms with Crippen molar-refractivity contribution in [1.82, 2.24) is 4.98 Å². The van der Waals surface area contributed by atoms with Crippen molar-refractivity contribution < 1.29 is 13.2 Å². The predicted molar refractivity (Wildman–Crippen MR) is 75.2 cm³/mol. The topological polar surface area (TPSA) is 48.7 Å². The Labute approximate surface area is 124 Å². The quantitative estimate of drug-likeness (QED) is 0.928. The molecule has 0 saturated carbocycles. The van der Waals surface area contributed by atoms with Gasteiger partial charge in [0.25, 0.3) is 0 Å². The number of nitriles is 1. The van der Waals surface area contributed by atoms with Crippen LogP contribution in [0.1, 0.15) is 21.8 Å². The Morgan fingerprint density at radius 1 is 1.38 bits per heavy atom. The number of hydrogen-bond donors (Lipinski definition) is 1. The molecule has 0 unspecified atom stereocenters. The van der Waals surface area contributed by atoms with Crippen molar-refractivity contribution in [3.8, 4) is 6.07 Å². The molecule has 1 heterocycles. The zero-order chi connectivity index (χ0) is 15.5. The van der Waals surface area contributed by atoms with Gasteiger partial charge in [-0.3, -0.25) is 0 Å². The second-order valence-corrected chi connectivity index (χ2v) is 5.37. The van der Waals surface area contributed by atoms with Gasteiger partial charge in [-0.25, -0.2) is 4.98 Å². The Morgan fingerprint density at radius 2 is 2.14 bits per heavy atom. The number of thiazole rings is 1. The van der Waals surface area contributed by atoms with Crippen LogP contribution in [0.15, 0.2) is 23.6 Å². The summed E-state index contributed by atoms with van der Waals surface area (Å²) in [5, 5.41) is 14.7. The van der Waals surface area contributed by atoms with Gasteiger partial charge in [0.05, 0.1) is 22.2 Å². The molecule has 0 aliphatic heterocycles. The number of rotatable bonds is 4. The molecule has 2 aromatic rings. The number of nitrogens with one attached hydrogen (secondary N) is 1. The van der Waals surface area contributed by atoms with E-state index in [1.54, 1.807) is 17.4 Å². The van der Waals surface area contributed by atoms with Gasteiger partial charge in [0.2, 0.25) is 0 Å². The minimum absolute atomic E-state index is 0.377. The zero-order valence-corrected chi connectivity index (χ0v) is 12.0. The first kappa shape index (κ1) is 15.3. The van der Waals surface area contributed by atoms with Crippen LogP contribution in [0, 0.1) is 18.3 Å². The van der Waals surface area contributed by atoms with Gasteiger partial charge in [-0.05, 0) is 25.1 Å². The molecule has 0 aliphatic rings. The maximum absolute atomic E-state index is 12.7. The summed E-state index contributed by atoms with van der Waals surface area (Å²) in [5.41, 5.74) is 0.160. The van der Waals surface area contributed by atoms with Crippen molar-refractivity contribution in [2.45, 2.75) is 19.5 Å². The molecule has 0 atom stereocenters. The third-order valence-electron chi connectivity index (χ3n) is 2.78. The Kier molecular flexibility index (Phi) is 4.48. The molecule has 0 amide bonds. The number of nitrogens with zero attached hydrogens (tertiary/aromatic N) is 2. The lowest BCUT2D eigenvalue weighted by atomic mass is 10.1. The highest BCUT2D eigenvalue weighted by Crippen LogP contribution is 2.32. The summed E-state index contributed by atoms with van der Waals surface area (Å²) in [5.74, 6) is 0. The molecule has 110 valence electrons. The summed E-state index contributed by atoms with van der Waals surface area (Å²) >= 11 is 1.55. The number of anilines is 1. The summed E-state index contributed by atoms with van der Waals surface area (Å²) in [6, 6.07) is 5.06. The van der Waals surface area contributed by atoms with Gasteiger partial charge in [0.15, 0.2) is 0 Å². The smallest absolute Gasteiger partial charge is 0.385 e. The van der Waals surface area contributed by atoms with Crippen LogP contribution < -0.4 is 5.32 Å². The van der Waals surface area contributed by atoms with Gasteiger partial charge in [-0.1, -0.05) is 0 Å². The molecular formula is C14H12F3N3S. The molecule has 0 spiro atoms. The molecule has 1 aromatic heterocycles. The molecule has 0 fully saturated rings. The van der Waals surface area contributed by atoms with Gasteiger partial charge in [-0.2, -0.15) is 18.4 Å². The molecule has 0 bridgehead atoms. The van der Waals surface area contributed by atoms with Crippen molar-refractivity contribution in [2.75, 3.05) is 11.9 Å². The fraction of sp³-hybridized carbons (Fsp3) is 0.286. The summed E-state index contributed by atoms with van der Waals surface area (Å²) in [7, 11) is 0. The molecule has 0 aliphatic carbocycles.